The van der Waals surface area contributed by atoms with Crippen molar-refractivity contribution in [3.63, 3.8) is 0 Å². The lowest BCUT2D eigenvalue weighted by atomic mass is 10.1. The molecule has 1 rings (SSSR count). The number of rotatable bonds is 4. The van der Waals surface area contributed by atoms with Gasteiger partial charge in [0.05, 0.1) is 0 Å². The van der Waals surface area contributed by atoms with E-state index in [1.54, 1.807) is 0 Å². The van der Waals surface area contributed by atoms with Crippen molar-refractivity contribution in [3.05, 3.63) is 11.6 Å². The predicted molar refractivity (Wildman–Crippen MR) is 56.1 cm³/mol. The fraction of sp³-hybridized carbons (Fsp3) is 0.727. The van der Waals surface area contributed by atoms with Gasteiger partial charge in [0.15, 0.2) is 0 Å². The Morgan fingerprint density at radius 3 is 3.07 bits per heavy atom. The molecular formula is C11H19NO2. The van der Waals surface area contributed by atoms with Crippen molar-refractivity contribution in [1.29, 1.82) is 0 Å². The number of hydrogen-bond acceptors (Lipinski definition) is 2. The monoisotopic (exact) mass is 197 g/mol. The summed E-state index contributed by atoms with van der Waals surface area (Å²) in [7, 11) is 0. The highest BCUT2D eigenvalue weighted by molar-refractivity contribution is 5.77. The average molecular weight is 197 g/mol. The Labute approximate surface area is 85.7 Å². The molecule has 1 heterocycles. The molecule has 0 aromatic heterocycles. The average Bonchev–Trinajstić information content (AvgIpc) is 2.18. The Morgan fingerprint density at radius 1 is 1.64 bits per heavy atom. The van der Waals surface area contributed by atoms with Crippen molar-refractivity contribution in [3.8, 4) is 0 Å². The summed E-state index contributed by atoms with van der Waals surface area (Å²) >= 11 is 0. The van der Waals surface area contributed by atoms with Gasteiger partial charge < -0.3 is 9.64 Å². The van der Waals surface area contributed by atoms with Gasteiger partial charge in [-0.2, -0.15) is 0 Å². The van der Waals surface area contributed by atoms with Crippen LogP contribution in [0.1, 0.15) is 26.7 Å². The van der Waals surface area contributed by atoms with Crippen molar-refractivity contribution in [2.24, 2.45) is 0 Å². The van der Waals surface area contributed by atoms with Gasteiger partial charge >= 0.3 is 0 Å². The molecule has 3 nitrogen and oxygen atoms in total. The first kappa shape index (κ1) is 11.2. The predicted octanol–water partition coefficient (Wildman–Crippen LogP) is 1.59. The van der Waals surface area contributed by atoms with Gasteiger partial charge in [-0.25, -0.2) is 0 Å². The fourth-order valence-electron chi connectivity index (χ4n) is 1.52. The fourth-order valence-corrected chi connectivity index (χ4v) is 1.52. The summed E-state index contributed by atoms with van der Waals surface area (Å²) in [5.41, 5.74) is 1.28. The third-order valence-electron chi connectivity index (χ3n) is 2.26. The van der Waals surface area contributed by atoms with Crippen molar-refractivity contribution >= 4 is 5.91 Å². The van der Waals surface area contributed by atoms with Crippen molar-refractivity contribution in [1.82, 2.24) is 4.90 Å². The van der Waals surface area contributed by atoms with Crippen LogP contribution in [0.4, 0.5) is 0 Å². The first-order chi connectivity index (χ1) is 6.74. The van der Waals surface area contributed by atoms with E-state index in [2.05, 4.69) is 13.0 Å². The molecule has 14 heavy (non-hydrogen) atoms. The summed E-state index contributed by atoms with van der Waals surface area (Å²) in [5.74, 6) is 0.117. The molecule has 0 atom stereocenters. The minimum absolute atomic E-state index is 0.117. The van der Waals surface area contributed by atoms with Crippen LogP contribution in [0.5, 0.6) is 0 Å². The number of carbonyl (C=O) groups excluding carboxylic acids is 1. The van der Waals surface area contributed by atoms with Crippen molar-refractivity contribution < 1.29 is 9.53 Å². The molecule has 0 aliphatic carbocycles. The van der Waals surface area contributed by atoms with Crippen LogP contribution in [0.2, 0.25) is 0 Å². The van der Waals surface area contributed by atoms with E-state index < -0.39 is 0 Å². The van der Waals surface area contributed by atoms with E-state index >= 15 is 0 Å². The van der Waals surface area contributed by atoms with Gasteiger partial charge in [-0.1, -0.05) is 18.6 Å². The van der Waals surface area contributed by atoms with Crippen LogP contribution >= 0.6 is 0 Å². The molecule has 0 aromatic carbocycles. The zero-order chi connectivity index (χ0) is 10.4. The second-order valence-electron chi connectivity index (χ2n) is 3.71. The van der Waals surface area contributed by atoms with Crippen LogP contribution in [0.3, 0.4) is 0 Å². The molecule has 0 aromatic rings. The SMILES string of the molecule is CCCOCC(=O)N1CCC=C(C)C1. The lowest BCUT2D eigenvalue weighted by Gasteiger charge is -2.26. The van der Waals surface area contributed by atoms with Crippen molar-refractivity contribution in [2.75, 3.05) is 26.3 Å². The van der Waals surface area contributed by atoms with Crippen LogP contribution in [0.15, 0.2) is 11.6 Å². The molecule has 3 heteroatoms. The maximum atomic E-state index is 11.6. The zero-order valence-corrected chi connectivity index (χ0v) is 9.08. The number of hydrogen-bond donors (Lipinski definition) is 0. The second kappa shape index (κ2) is 5.81. The van der Waals surface area contributed by atoms with Gasteiger partial charge in [0.1, 0.15) is 6.61 Å². The summed E-state index contributed by atoms with van der Waals surface area (Å²) in [5, 5.41) is 0. The van der Waals surface area contributed by atoms with Crippen LogP contribution in [0.25, 0.3) is 0 Å². The lowest BCUT2D eigenvalue weighted by molar-refractivity contribution is -0.135. The quantitative estimate of drug-likeness (QED) is 0.506. The summed E-state index contributed by atoms with van der Waals surface area (Å²) in [6.45, 7) is 6.63. The van der Waals surface area contributed by atoms with Gasteiger partial charge in [-0.15, -0.1) is 0 Å². The second-order valence-corrected chi connectivity index (χ2v) is 3.71. The van der Waals surface area contributed by atoms with E-state index in [4.69, 9.17) is 4.74 Å². The molecule has 0 N–H and O–H groups in total. The third kappa shape index (κ3) is 3.50. The van der Waals surface area contributed by atoms with E-state index in [0.29, 0.717) is 6.61 Å². The Balaban J connectivity index is 2.27. The highest BCUT2D eigenvalue weighted by atomic mass is 16.5. The molecule has 0 unspecified atom stereocenters. The van der Waals surface area contributed by atoms with E-state index in [-0.39, 0.29) is 12.5 Å². The summed E-state index contributed by atoms with van der Waals surface area (Å²) in [6.07, 6.45) is 4.13. The van der Waals surface area contributed by atoms with E-state index in [0.717, 1.165) is 25.9 Å². The van der Waals surface area contributed by atoms with Crippen LogP contribution < -0.4 is 0 Å². The third-order valence-corrected chi connectivity index (χ3v) is 2.26. The zero-order valence-electron chi connectivity index (χ0n) is 9.08. The standard InChI is InChI=1S/C11H19NO2/c1-3-7-14-9-11(13)12-6-4-5-10(2)8-12/h5H,3-4,6-9H2,1-2H3. The van der Waals surface area contributed by atoms with Gasteiger partial charge in [-0.05, 0) is 19.8 Å². The minimum atomic E-state index is 0.117. The number of nitrogens with zero attached hydrogens (tertiary/aromatic N) is 1. The molecule has 0 spiro atoms. The smallest absolute Gasteiger partial charge is 0.248 e. The molecule has 1 aliphatic rings. The highest BCUT2D eigenvalue weighted by Gasteiger charge is 2.15. The van der Waals surface area contributed by atoms with E-state index in [1.165, 1.54) is 5.57 Å². The largest absolute Gasteiger partial charge is 0.372 e. The molecule has 0 saturated carbocycles. The molecule has 0 bridgehead atoms. The van der Waals surface area contributed by atoms with Crippen LogP contribution in [-0.2, 0) is 9.53 Å². The summed E-state index contributed by atoms with van der Waals surface area (Å²) in [6, 6.07) is 0. The molecule has 0 radical (unpaired) electrons. The Kier molecular flexibility index (Phi) is 4.66. The molecule has 0 fully saturated rings. The molecule has 1 aliphatic heterocycles. The summed E-state index contributed by atoms with van der Waals surface area (Å²) in [4.78, 5) is 13.5. The number of amides is 1. The molecular weight excluding hydrogens is 178 g/mol. The minimum Gasteiger partial charge on any atom is -0.372 e. The number of ether oxygens (including phenoxy) is 1. The van der Waals surface area contributed by atoms with E-state index in [1.807, 2.05) is 11.8 Å². The maximum Gasteiger partial charge on any atom is 0.248 e. The van der Waals surface area contributed by atoms with E-state index in [9.17, 15) is 4.79 Å². The highest BCUT2D eigenvalue weighted by Crippen LogP contribution is 2.08. The topological polar surface area (TPSA) is 29.5 Å². The number of carbonyl (C=O) groups is 1. The maximum absolute atomic E-state index is 11.6. The van der Waals surface area contributed by atoms with Gasteiger partial charge in [0.25, 0.3) is 0 Å². The van der Waals surface area contributed by atoms with Gasteiger partial charge in [0.2, 0.25) is 5.91 Å². The van der Waals surface area contributed by atoms with Gasteiger partial charge in [-0.3, -0.25) is 4.79 Å². The Hall–Kier alpha value is -0.830. The summed E-state index contributed by atoms with van der Waals surface area (Å²) < 4.78 is 5.22. The molecule has 1 amide bonds. The first-order valence-corrected chi connectivity index (χ1v) is 5.25. The molecule has 80 valence electrons. The van der Waals surface area contributed by atoms with Gasteiger partial charge in [0, 0.05) is 19.7 Å². The van der Waals surface area contributed by atoms with Crippen LogP contribution in [-0.4, -0.2) is 37.1 Å². The molecule has 0 saturated heterocycles. The first-order valence-electron chi connectivity index (χ1n) is 5.25. The van der Waals surface area contributed by atoms with Crippen molar-refractivity contribution in [2.45, 2.75) is 26.7 Å². The Bertz CT molecular complexity index is 223. The Morgan fingerprint density at radius 2 is 2.43 bits per heavy atom. The van der Waals surface area contributed by atoms with Crippen LogP contribution in [0, 0.1) is 0 Å². The lowest BCUT2D eigenvalue weighted by Crippen LogP contribution is -2.37. The normalized spacial score (nSPS) is 16.7.